The number of hydrogen-bond donors (Lipinski definition) is 1. The maximum absolute atomic E-state index is 12.0. The van der Waals surface area contributed by atoms with Crippen LogP contribution in [0.25, 0.3) is 11.3 Å². The predicted molar refractivity (Wildman–Crippen MR) is 96.4 cm³/mol. The lowest BCUT2D eigenvalue weighted by Gasteiger charge is -2.04. The molecule has 2 aromatic heterocycles. The van der Waals surface area contributed by atoms with Crippen LogP contribution in [0.15, 0.2) is 58.6 Å². The summed E-state index contributed by atoms with van der Waals surface area (Å²) in [5, 5.41) is 5.84. The van der Waals surface area contributed by atoms with Crippen molar-refractivity contribution < 1.29 is 4.79 Å². The van der Waals surface area contributed by atoms with Crippen LogP contribution >= 0.6 is 27.3 Å². The number of nitrogens with zero attached hydrogens (tertiary/aromatic N) is 2. The SMILES string of the molecule is O=C(CCc1nc(-c2cccnc2)cs1)Nc1cccc(Br)c1. The topological polar surface area (TPSA) is 54.9 Å². The molecule has 1 N–H and O–H groups in total. The molecule has 116 valence electrons. The first-order chi connectivity index (χ1) is 11.2. The van der Waals surface area contributed by atoms with E-state index in [1.807, 2.05) is 41.8 Å². The van der Waals surface area contributed by atoms with Crippen LogP contribution in [-0.2, 0) is 11.2 Å². The number of carbonyl (C=O) groups is 1. The number of amides is 1. The molecule has 6 heteroatoms. The Morgan fingerprint density at radius 2 is 2.17 bits per heavy atom. The van der Waals surface area contributed by atoms with Gasteiger partial charge in [0.25, 0.3) is 0 Å². The molecule has 0 unspecified atom stereocenters. The smallest absolute Gasteiger partial charge is 0.224 e. The third kappa shape index (κ3) is 4.46. The Kier molecular flexibility index (Phi) is 5.15. The number of aromatic nitrogens is 2. The quantitative estimate of drug-likeness (QED) is 0.698. The second-order valence-corrected chi connectivity index (χ2v) is 6.79. The van der Waals surface area contributed by atoms with Crippen LogP contribution in [0.3, 0.4) is 0 Å². The summed E-state index contributed by atoms with van der Waals surface area (Å²) in [6.07, 6.45) is 4.57. The summed E-state index contributed by atoms with van der Waals surface area (Å²) in [6, 6.07) is 11.4. The number of pyridine rings is 1. The zero-order valence-electron chi connectivity index (χ0n) is 12.2. The molecule has 0 aliphatic rings. The number of rotatable bonds is 5. The van der Waals surface area contributed by atoms with E-state index >= 15 is 0 Å². The molecule has 0 aliphatic carbocycles. The van der Waals surface area contributed by atoms with Crippen LogP contribution in [-0.4, -0.2) is 15.9 Å². The Morgan fingerprint density at radius 1 is 1.26 bits per heavy atom. The summed E-state index contributed by atoms with van der Waals surface area (Å²) in [7, 11) is 0. The standard InChI is InChI=1S/C17H14BrN3OS/c18-13-4-1-5-14(9-13)20-16(22)6-7-17-21-15(11-23-17)12-3-2-8-19-10-12/h1-5,8-11H,6-7H2,(H,20,22). The van der Waals surface area contributed by atoms with Gasteiger partial charge in [-0.15, -0.1) is 11.3 Å². The Morgan fingerprint density at radius 3 is 2.96 bits per heavy atom. The predicted octanol–water partition coefficient (Wildman–Crippen LogP) is 4.54. The lowest BCUT2D eigenvalue weighted by molar-refractivity contribution is -0.116. The van der Waals surface area contributed by atoms with Gasteiger partial charge in [-0.1, -0.05) is 22.0 Å². The van der Waals surface area contributed by atoms with Crippen molar-refractivity contribution in [1.29, 1.82) is 0 Å². The van der Waals surface area contributed by atoms with Crippen LogP contribution in [0.5, 0.6) is 0 Å². The number of hydrogen-bond acceptors (Lipinski definition) is 4. The van der Waals surface area contributed by atoms with Crippen molar-refractivity contribution in [1.82, 2.24) is 9.97 Å². The second kappa shape index (κ2) is 7.48. The average molecular weight is 388 g/mol. The molecule has 0 saturated heterocycles. The molecule has 0 spiro atoms. The fourth-order valence-corrected chi connectivity index (χ4v) is 3.29. The first-order valence-corrected chi connectivity index (χ1v) is 8.78. The summed E-state index contributed by atoms with van der Waals surface area (Å²) >= 11 is 4.96. The highest BCUT2D eigenvalue weighted by Crippen LogP contribution is 2.22. The number of carbonyl (C=O) groups excluding carboxylic acids is 1. The fourth-order valence-electron chi connectivity index (χ4n) is 2.08. The molecule has 0 atom stereocenters. The van der Waals surface area contributed by atoms with Gasteiger partial charge in [0.15, 0.2) is 0 Å². The molecule has 0 radical (unpaired) electrons. The van der Waals surface area contributed by atoms with Gasteiger partial charge in [0.1, 0.15) is 0 Å². The Hall–Kier alpha value is -2.05. The van der Waals surface area contributed by atoms with Crippen LogP contribution in [0.1, 0.15) is 11.4 Å². The summed E-state index contributed by atoms with van der Waals surface area (Å²) < 4.78 is 0.941. The van der Waals surface area contributed by atoms with Crippen LogP contribution in [0.2, 0.25) is 0 Å². The third-order valence-corrected chi connectivity index (χ3v) is 4.59. The highest BCUT2D eigenvalue weighted by molar-refractivity contribution is 9.10. The Bertz CT molecular complexity index is 804. The number of thiazole rings is 1. The van der Waals surface area contributed by atoms with Crippen LogP contribution in [0, 0.1) is 0 Å². The van der Waals surface area contributed by atoms with Crippen molar-refractivity contribution in [2.75, 3.05) is 5.32 Å². The van der Waals surface area contributed by atoms with Crippen LogP contribution in [0.4, 0.5) is 5.69 Å². The molecule has 0 saturated carbocycles. The minimum atomic E-state index is -0.0128. The normalized spacial score (nSPS) is 10.5. The van der Waals surface area contributed by atoms with E-state index in [1.54, 1.807) is 23.7 Å². The van der Waals surface area contributed by atoms with Gasteiger partial charge >= 0.3 is 0 Å². The van der Waals surface area contributed by atoms with Crippen molar-refractivity contribution in [3.63, 3.8) is 0 Å². The van der Waals surface area contributed by atoms with Gasteiger partial charge in [0, 0.05) is 46.3 Å². The van der Waals surface area contributed by atoms with Gasteiger partial charge in [0.2, 0.25) is 5.91 Å². The molecule has 1 amide bonds. The fraction of sp³-hybridized carbons (Fsp3) is 0.118. The van der Waals surface area contributed by atoms with Gasteiger partial charge in [-0.25, -0.2) is 4.98 Å². The molecule has 0 fully saturated rings. The maximum Gasteiger partial charge on any atom is 0.224 e. The summed E-state index contributed by atoms with van der Waals surface area (Å²) in [5.74, 6) is -0.0128. The van der Waals surface area contributed by atoms with Gasteiger partial charge in [-0.2, -0.15) is 0 Å². The van der Waals surface area contributed by atoms with Crippen LogP contribution < -0.4 is 5.32 Å². The van der Waals surface area contributed by atoms with E-state index in [4.69, 9.17) is 0 Å². The van der Waals surface area contributed by atoms with E-state index in [-0.39, 0.29) is 5.91 Å². The van der Waals surface area contributed by atoms with Gasteiger partial charge in [0.05, 0.1) is 10.7 Å². The third-order valence-electron chi connectivity index (χ3n) is 3.18. The monoisotopic (exact) mass is 387 g/mol. The largest absolute Gasteiger partial charge is 0.326 e. The molecular weight excluding hydrogens is 374 g/mol. The Balaban J connectivity index is 1.56. The lowest BCUT2D eigenvalue weighted by Crippen LogP contribution is -2.12. The zero-order valence-corrected chi connectivity index (χ0v) is 14.6. The molecule has 23 heavy (non-hydrogen) atoms. The Labute approximate surface area is 146 Å². The number of benzene rings is 1. The lowest BCUT2D eigenvalue weighted by atomic mass is 10.2. The van der Waals surface area contributed by atoms with Crippen molar-refractivity contribution in [3.8, 4) is 11.3 Å². The van der Waals surface area contributed by atoms with E-state index in [9.17, 15) is 4.79 Å². The molecule has 1 aromatic carbocycles. The minimum Gasteiger partial charge on any atom is -0.326 e. The van der Waals surface area contributed by atoms with E-state index in [0.717, 1.165) is 26.4 Å². The average Bonchev–Trinajstić information content (AvgIpc) is 3.03. The highest BCUT2D eigenvalue weighted by atomic mass is 79.9. The second-order valence-electron chi connectivity index (χ2n) is 4.93. The summed E-state index contributed by atoms with van der Waals surface area (Å²) in [4.78, 5) is 20.7. The molecule has 0 aliphatic heterocycles. The van der Waals surface area contributed by atoms with Crippen molar-refractivity contribution in [2.45, 2.75) is 12.8 Å². The molecule has 4 nitrogen and oxygen atoms in total. The van der Waals surface area contributed by atoms with E-state index < -0.39 is 0 Å². The van der Waals surface area contributed by atoms with Crippen molar-refractivity contribution >= 4 is 38.9 Å². The first-order valence-electron chi connectivity index (χ1n) is 7.11. The highest BCUT2D eigenvalue weighted by Gasteiger charge is 2.08. The van der Waals surface area contributed by atoms with Crippen molar-refractivity contribution in [3.05, 3.63) is 63.7 Å². The maximum atomic E-state index is 12.0. The molecular formula is C17H14BrN3OS. The van der Waals surface area contributed by atoms with E-state index in [0.29, 0.717) is 12.8 Å². The van der Waals surface area contributed by atoms with Crippen molar-refractivity contribution in [2.24, 2.45) is 0 Å². The van der Waals surface area contributed by atoms with Gasteiger partial charge < -0.3 is 5.32 Å². The zero-order chi connectivity index (χ0) is 16.1. The number of nitrogens with one attached hydrogen (secondary N) is 1. The number of halogens is 1. The summed E-state index contributed by atoms with van der Waals surface area (Å²) in [6.45, 7) is 0. The van der Waals surface area contributed by atoms with E-state index in [1.165, 1.54) is 0 Å². The van der Waals surface area contributed by atoms with Gasteiger partial charge in [-0.3, -0.25) is 9.78 Å². The minimum absolute atomic E-state index is 0.0128. The molecule has 2 heterocycles. The van der Waals surface area contributed by atoms with Gasteiger partial charge in [-0.05, 0) is 30.3 Å². The molecule has 3 aromatic rings. The molecule has 0 bridgehead atoms. The summed E-state index contributed by atoms with van der Waals surface area (Å²) in [5.41, 5.74) is 2.69. The molecule has 3 rings (SSSR count). The number of anilines is 1. The first kappa shape index (κ1) is 15.8. The van der Waals surface area contributed by atoms with E-state index in [2.05, 4.69) is 31.2 Å². The number of aryl methyl sites for hydroxylation is 1.